The Morgan fingerprint density at radius 1 is 1.40 bits per heavy atom. The van der Waals surface area contributed by atoms with Gasteiger partial charge in [0, 0.05) is 12.7 Å². The van der Waals surface area contributed by atoms with Crippen LogP contribution in [0.1, 0.15) is 25.3 Å². The molecule has 1 aromatic rings. The highest BCUT2D eigenvalue weighted by atomic mass is 16.2. The van der Waals surface area contributed by atoms with Crippen molar-refractivity contribution in [2.45, 2.75) is 25.3 Å². The predicted octanol–water partition coefficient (Wildman–Crippen LogP) is 0.698. The Hall–Kier alpha value is -1.40. The van der Waals surface area contributed by atoms with Gasteiger partial charge < -0.3 is 15.5 Å². The van der Waals surface area contributed by atoms with Gasteiger partial charge in [-0.2, -0.15) is 5.10 Å². The van der Waals surface area contributed by atoms with Crippen molar-refractivity contribution in [3.63, 3.8) is 0 Å². The smallest absolute Gasteiger partial charge is 0.228 e. The monoisotopic (exact) mass is 277 g/mol. The number of carbonyl (C=O) groups is 1. The van der Waals surface area contributed by atoms with E-state index in [1.165, 1.54) is 0 Å². The Bertz CT molecular complexity index is 466. The molecule has 1 aromatic heterocycles. The van der Waals surface area contributed by atoms with E-state index >= 15 is 0 Å². The molecule has 0 radical (unpaired) electrons. The topological polar surface area (TPSA) is 62.2 Å². The zero-order valence-electron chi connectivity index (χ0n) is 12.0. The van der Waals surface area contributed by atoms with Crippen LogP contribution in [0.2, 0.25) is 0 Å². The fourth-order valence-corrected chi connectivity index (χ4v) is 3.07. The number of nitrogens with one attached hydrogen (secondary N) is 2. The van der Waals surface area contributed by atoms with Gasteiger partial charge in [-0.15, -0.1) is 0 Å². The summed E-state index contributed by atoms with van der Waals surface area (Å²) < 4.78 is 2.00. The van der Waals surface area contributed by atoms with Crippen LogP contribution < -0.4 is 10.6 Å². The van der Waals surface area contributed by atoms with Crippen molar-refractivity contribution in [3.05, 3.63) is 12.4 Å². The summed E-state index contributed by atoms with van der Waals surface area (Å²) in [6.45, 7) is 3.95. The first-order valence-corrected chi connectivity index (χ1v) is 7.46. The molecule has 0 aromatic carbocycles. The van der Waals surface area contributed by atoms with Gasteiger partial charge in [-0.25, -0.2) is 0 Å². The summed E-state index contributed by atoms with van der Waals surface area (Å²) in [6, 6.07) is 0.458. The van der Waals surface area contributed by atoms with Gasteiger partial charge >= 0.3 is 0 Å². The second-order valence-electron chi connectivity index (χ2n) is 5.93. The van der Waals surface area contributed by atoms with Crippen molar-refractivity contribution in [1.29, 1.82) is 0 Å². The largest absolute Gasteiger partial charge is 0.323 e. The van der Waals surface area contributed by atoms with Crippen LogP contribution >= 0.6 is 0 Å². The van der Waals surface area contributed by atoms with Crippen molar-refractivity contribution in [1.82, 2.24) is 20.0 Å². The van der Waals surface area contributed by atoms with Gasteiger partial charge in [-0.1, -0.05) is 0 Å². The first-order valence-electron chi connectivity index (χ1n) is 7.46. The molecule has 6 nitrogen and oxygen atoms in total. The van der Waals surface area contributed by atoms with Crippen LogP contribution in [-0.2, 0) is 4.79 Å². The zero-order valence-corrected chi connectivity index (χ0v) is 12.0. The quantitative estimate of drug-likeness (QED) is 0.853. The minimum Gasteiger partial charge on any atom is -0.323 e. The maximum atomic E-state index is 12.2. The molecule has 3 heterocycles. The molecule has 110 valence electrons. The SMILES string of the molecule is CN1CCC(C(=O)Nc2cnn(C3CCNCC3)c2)C1. The Balaban J connectivity index is 1.58. The average molecular weight is 277 g/mol. The maximum Gasteiger partial charge on any atom is 0.228 e. The zero-order chi connectivity index (χ0) is 13.9. The van der Waals surface area contributed by atoms with Crippen LogP contribution in [0, 0.1) is 5.92 Å². The predicted molar refractivity (Wildman–Crippen MR) is 77.6 cm³/mol. The van der Waals surface area contributed by atoms with Crippen molar-refractivity contribution >= 4 is 11.6 Å². The molecule has 20 heavy (non-hydrogen) atoms. The highest BCUT2D eigenvalue weighted by molar-refractivity contribution is 5.92. The first-order chi connectivity index (χ1) is 9.72. The Morgan fingerprint density at radius 2 is 2.20 bits per heavy atom. The first kappa shape index (κ1) is 13.6. The van der Waals surface area contributed by atoms with Crippen LogP contribution in [-0.4, -0.2) is 53.8 Å². The number of piperidine rings is 1. The molecule has 2 fully saturated rings. The Morgan fingerprint density at radius 3 is 2.90 bits per heavy atom. The minimum absolute atomic E-state index is 0.113. The third-order valence-electron chi connectivity index (χ3n) is 4.31. The number of hydrogen-bond acceptors (Lipinski definition) is 4. The number of aromatic nitrogens is 2. The van der Waals surface area contributed by atoms with Crippen LogP contribution in [0.3, 0.4) is 0 Å². The lowest BCUT2D eigenvalue weighted by Crippen LogP contribution is -2.29. The summed E-state index contributed by atoms with van der Waals surface area (Å²) >= 11 is 0. The number of hydrogen-bond donors (Lipinski definition) is 2. The highest BCUT2D eigenvalue weighted by Gasteiger charge is 2.26. The van der Waals surface area contributed by atoms with Crippen molar-refractivity contribution < 1.29 is 4.79 Å². The van der Waals surface area contributed by atoms with Crippen molar-refractivity contribution in [2.24, 2.45) is 5.92 Å². The van der Waals surface area contributed by atoms with E-state index in [4.69, 9.17) is 0 Å². The van der Waals surface area contributed by atoms with Gasteiger partial charge in [-0.05, 0) is 45.9 Å². The van der Waals surface area contributed by atoms with E-state index in [1.54, 1.807) is 6.20 Å². The number of carbonyl (C=O) groups excluding carboxylic acids is 1. The molecule has 2 saturated heterocycles. The molecule has 1 atom stereocenters. The van der Waals surface area contributed by atoms with Crippen molar-refractivity contribution in [2.75, 3.05) is 38.5 Å². The standard InChI is InChI=1S/C14H23N5O/c1-18-7-4-11(9-18)14(20)17-12-8-16-19(10-12)13-2-5-15-6-3-13/h8,10-11,13,15H,2-7,9H2,1H3,(H,17,20). The van der Waals surface area contributed by atoms with E-state index < -0.39 is 0 Å². The number of amides is 1. The molecule has 6 heteroatoms. The van der Waals surface area contributed by atoms with E-state index in [0.717, 1.165) is 51.1 Å². The van der Waals surface area contributed by atoms with E-state index in [2.05, 4.69) is 27.7 Å². The maximum absolute atomic E-state index is 12.2. The molecule has 1 unspecified atom stereocenters. The van der Waals surface area contributed by atoms with E-state index in [-0.39, 0.29) is 11.8 Å². The Kier molecular flexibility index (Phi) is 4.03. The normalized spacial score (nSPS) is 24.9. The lowest BCUT2D eigenvalue weighted by molar-refractivity contribution is -0.119. The van der Waals surface area contributed by atoms with Crippen molar-refractivity contribution in [3.8, 4) is 0 Å². The van der Waals surface area contributed by atoms with Crippen LogP contribution in [0.15, 0.2) is 12.4 Å². The lowest BCUT2D eigenvalue weighted by Gasteiger charge is -2.22. The van der Waals surface area contributed by atoms with E-state index in [1.807, 2.05) is 10.9 Å². The minimum atomic E-state index is 0.113. The number of rotatable bonds is 3. The summed E-state index contributed by atoms with van der Waals surface area (Å²) in [6.07, 6.45) is 6.88. The molecule has 0 saturated carbocycles. The van der Waals surface area contributed by atoms with Crippen LogP contribution in [0.4, 0.5) is 5.69 Å². The Labute approximate surface area is 119 Å². The van der Waals surface area contributed by atoms with Gasteiger partial charge in [0.1, 0.15) is 0 Å². The molecular weight excluding hydrogens is 254 g/mol. The summed E-state index contributed by atoms with van der Waals surface area (Å²) in [5.74, 6) is 0.237. The van der Waals surface area contributed by atoms with E-state index in [0.29, 0.717) is 6.04 Å². The average Bonchev–Trinajstić information content (AvgIpc) is 3.09. The van der Waals surface area contributed by atoms with Gasteiger partial charge in [-0.3, -0.25) is 9.48 Å². The second kappa shape index (κ2) is 5.93. The number of likely N-dealkylation sites (tertiary alicyclic amines) is 1. The van der Waals surface area contributed by atoms with Gasteiger partial charge in [0.25, 0.3) is 0 Å². The fourth-order valence-electron chi connectivity index (χ4n) is 3.07. The van der Waals surface area contributed by atoms with E-state index in [9.17, 15) is 4.79 Å². The van der Waals surface area contributed by atoms with Crippen LogP contribution in [0.5, 0.6) is 0 Å². The third-order valence-corrected chi connectivity index (χ3v) is 4.31. The summed E-state index contributed by atoms with van der Waals surface area (Å²) in [4.78, 5) is 14.4. The molecule has 0 spiro atoms. The molecule has 0 bridgehead atoms. The molecular formula is C14H23N5O. The number of anilines is 1. The molecule has 1 amide bonds. The highest BCUT2D eigenvalue weighted by Crippen LogP contribution is 2.21. The van der Waals surface area contributed by atoms with Gasteiger partial charge in [0.2, 0.25) is 5.91 Å². The second-order valence-corrected chi connectivity index (χ2v) is 5.93. The molecule has 2 aliphatic heterocycles. The summed E-state index contributed by atoms with van der Waals surface area (Å²) in [7, 11) is 2.06. The van der Waals surface area contributed by atoms with Gasteiger partial charge in [0.15, 0.2) is 0 Å². The molecule has 3 rings (SSSR count). The molecule has 2 aliphatic rings. The van der Waals surface area contributed by atoms with Crippen LogP contribution in [0.25, 0.3) is 0 Å². The summed E-state index contributed by atoms with van der Waals surface area (Å²) in [5.41, 5.74) is 0.822. The lowest BCUT2D eigenvalue weighted by atomic mass is 10.1. The third kappa shape index (κ3) is 3.02. The van der Waals surface area contributed by atoms with Gasteiger partial charge in [0.05, 0.1) is 23.8 Å². The molecule has 0 aliphatic carbocycles. The number of nitrogens with zero attached hydrogens (tertiary/aromatic N) is 3. The molecule has 2 N–H and O–H groups in total. The fraction of sp³-hybridized carbons (Fsp3) is 0.714. The summed E-state index contributed by atoms with van der Waals surface area (Å²) in [5, 5.41) is 10.7.